The zero-order chi connectivity index (χ0) is 20.3. The number of ether oxygens (including phenoxy) is 2. The SMILES string of the molecule is O=C(CCCNC(=O)c1ccsc1)OCc1ccc(OCc2ccccn2)cc1. The summed E-state index contributed by atoms with van der Waals surface area (Å²) in [7, 11) is 0. The molecule has 1 aromatic carbocycles. The van der Waals surface area contributed by atoms with Crippen LogP contribution in [0.5, 0.6) is 5.75 Å². The molecule has 0 aliphatic heterocycles. The van der Waals surface area contributed by atoms with E-state index in [4.69, 9.17) is 9.47 Å². The van der Waals surface area contributed by atoms with Gasteiger partial charge in [-0.25, -0.2) is 0 Å². The van der Waals surface area contributed by atoms with Gasteiger partial charge < -0.3 is 14.8 Å². The summed E-state index contributed by atoms with van der Waals surface area (Å²) < 4.78 is 11.0. The standard InChI is InChI=1S/C22H22N2O4S/c25-21(5-3-12-24-22(26)18-10-13-29-16-18)28-14-17-6-8-20(9-7-17)27-15-19-4-1-2-11-23-19/h1-2,4,6-11,13,16H,3,5,12,14-15H2,(H,24,26). The maximum atomic E-state index is 11.9. The fourth-order valence-electron chi connectivity index (χ4n) is 2.49. The van der Waals surface area contributed by atoms with Gasteiger partial charge in [-0.15, -0.1) is 0 Å². The van der Waals surface area contributed by atoms with Crippen molar-refractivity contribution in [2.75, 3.05) is 6.54 Å². The molecule has 0 unspecified atom stereocenters. The fraction of sp³-hybridized carbons (Fsp3) is 0.227. The van der Waals surface area contributed by atoms with Gasteiger partial charge in [-0.05, 0) is 47.7 Å². The van der Waals surface area contributed by atoms with E-state index >= 15 is 0 Å². The van der Waals surface area contributed by atoms with Crippen LogP contribution in [0.3, 0.4) is 0 Å². The molecular formula is C22H22N2O4S. The van der Waals surface area contributed by atoms with Gasteiger partial charge in [0, 0.05) is 30.1 Å². The number of hydrogen-bond acceptors (Lipinski definition) is 6. The summed E-state index contributed by atoms with van der Waals surface area (Å²) in [5.41, 5.74) is 2.39. The van der Waals surface area contributed by atoms with Crippen LogP contribution < -0.4 is 10.1 Å². The monoisotopic (exact) mass is 410 g/mol. The number of nitrogens with one attached hydrogen (secondary N) is 1. The van der Waals surface area contributed by atoms with E-state index < -0.39 is 0 Å². The smallest absolute Gasteiger partial charge is 0.306 e. The number of amides is 1. The molecule has 7 heteroatoms. The molecule has 6 nitrogen and oxygen atoms in total. The van der Waals surface area contributed by atoms with Crippen LogP contribution in [0.2, 0.25) is 0 Å². The Bertz CT molecular complexity index is 896. The number of pyridine rings is 1. The van der Waals surface area contributed by atoms with Crippen molar-refractivity contribution in [1.82, 2.24) is 10.3 Å². The lowest BCUT2D eigenvalue weighted by atomic mass is 10.2. The average molecular weight is 410 g/mol. The highest BCUT2D eigenvalue weighted by Gasteiger charge is 2.07. The normalized spacial score (nSPS) is 10.3. The molecule has 0 radical (unpaired) electrons. The first-order valence-electron chi connectivity index (χ1n) is 9.28. The van der Waals surface area contributed by atoms with Crippen LogP contribution in [0.25, 0.3) is 0 Å². The van der Waals surface area contributed by atoms with Crippen molar-refractivity contribution in [2.24, 2.45) is 0 Å². The van der Waals surface area contributed by atoms with Crippen LogP contribution in [-0.4, -0.2) is 23.4 Å². The zero-order valence-corrected chi connectivity index (χ0v) is 16.7. The molecule has 3 aromatic rings. The molecule has 0 fully saturated rings. The van der Waals surface area contributed by atoms with Gasteiger partial charge in [-0.1, -0.05) is 18.2 Å². The van der Waals surface area contributed by atoms with E-state index in [0.717, 1.165) is 17.0 Å². The second-order valence-corrected chi connectivity index (χ2v) is 7.07. The predicted molar refractivity (Wildman–Crippen MR) is 111 cm³/mol. The van der Waals surface area contributed by atoms with Gasteiger partial charge in [0.2, 0.25) is 0 Å². The third kappa shape index (κ3) is 7.04. The second kappa shape index (κ2) is 11.0. The molecule has 1 amide bonds. The number of rotatable bonds is 10. The number of esters is 1. The Balaban J connectivity index is 1.31. The molecule has 2 aromatic heterocycles. The predicted octanol–water partition coefficient (Wildman–Crippen LogP) is 3.98. The minimum atomic E-state index is -0.287. The largest absolute Gasteiger partial charge is 0.487 e. The number of nitrogens with zero attached hydrogens (tertiary/aromatic N) is 1. The molecule has 0 bridgehead atoms. The van der Waals surface area contributed by atoms with Crippen LogP contribution >= 0.6 is 11.3 Å². The second-order valence-electron chi connectivity index (χ2n) is 6.29. The summed E-state index contributed by atoms with van der Waals surface area (Å²) in [5.74, 6) is 0.322. The number of hydrogen-bond donors (Lipinski definition) is 1. The maximum Gasteiger partial charge on any atom is 0.306 e. The molecule has 1 N–H and O–H groups in total. The molecule has 3 rings (SSSR count). The lowest BCUT2D eigenvalue weighted by Crippen LogP contribution is -2.24. The van der Waals surface area contributed by atoms with Crippen molar-refractivity contribution >= 4 is 23.2 Å². The lowest BCUT2D eigenvalue weighted by molar-refractivity contribution is -0.145. The van der Waals surface area contributed by atoms with Crippen molar-refractivity contribution in [3.05, 3.63) is 82.3 Å². The molecule has 0 spiro atoms. The minimum absolute atomic E-state index is 0.120. The van der Waals surface area contributed by atoms with Gasteiger partial charge in [-0.3, -0.25) is 14.6 Å². The lowest BCUT2D eigenvalue weighted by Gasteiger charge is -2.08. The third-order valence-corrected chi connectivity index (χ3v) is 4.75. The Kier molecular flexibility index (Phi) is 7.77. The van der Waals surface area contributed by atoms with Crippen LogP contribution in [0, 0.1) is 0 Å². The van der Waals surface area contributed by atoms with Crippen molar-refractivity contribution in [3.63, 3.8) is 0 Å². The highest BCUT2D eigenvalue weighted by molar-refractivity contribution is 7.08. The Morgan fingerprint density at radius 3 is 2.62 bits per heavy atom. The molecule has 150 valence electrons. The molecule has 0 saturated carbocycles. The third-order valence-electron chi connectivity index (χ3n) is 4.06. The maximum absolute atomic E-state index is 11.9. The number of carbonyl (C=O) groups excluding carboxylic acids is 2. The van der Waals surface area contributed by atoms with Crippen molar-refractivity contribution < 1.29 is 19.1 Å². The van der Waals surface area contributed by atoms with E-state index in [-0.39, 0.29) is 24.9 Å². The van der Waals surface area contributed by atoms with Crippen molar-refractivity contribution in [1.29, 1.82) is 0 Å². The van der Waals surface area contributed by atoms with Gasteiger partial charge in [0.15, 0.2) is 0 Å². The van der Waals surface area contributed by atoms with Gasteiger partial charge in [0.25, 0.3) is 5.91 Å². The summed E-state index contributed by atoms with van der Waals surface area (Å²) in [4.78, 5) is 27.8. The highest BCUT2D eigenvalue weighted by atomic mass is 32.1. The van der Waals surface area contributed by atoms with Crippen LogP contribution in [0.1, 0.15) is 34.5 Å². The quantitative estimate of drug-likeness (QED) is 0.404. The Morgan fingerprint density at radius 2 is 1.90 bits per heavy atom. The molecular weight excluding hydrogens is 388 g/mol. The molecule has 0 saturated heterocycles. The van der Waals surface area contributed by atoms with Gasteiger partial charge in [0.05, 0.1) is 5.69 Å². The fourth-order valence-corrected chi connectivity index (χ4v) is 3.13. The summed E-state index contributed by atoms with van der Waals surface area (Å²) in [6.07, 6.45) is 2.53. The Hall–Kier alpha value is -3.19. The van der Waals surface area contributed by atoms with E-state index in [1.165, 1.54) is 11.3 Å². The number of thiophene rings is 1. The highest BCUT2D eigenvalue weighted by Crippen LogP contribution is 2.14. The number of carbonyl (C=O) groups is 2. The van der Waals surface area contributed by atoms with E-state index in [1.54, 1.807) is 17.6 Å². The first kappa shape index (κ1) is 20.5. The van der Waals surface area contributed by atoms with E-state index in [9.17, 15) is 9.59 Å². The molecule has 0 aliphatic carbocycles. The molecule has 2 heterocycles. The Morgan fingerprint density at radius 1 is 1.03 bits per heavy atom. The van der Waals surface area contributed by atoms with Gasteiger partial charge in [0.1, 0.15) is 19.0 Å². The van der Waals surface area contributed by atoms with Crippen LogP contribution in [0.4, 0.5) is 0 Å². The van der Waals surface area contributed by atoms with E-state index in [0.29, 0.717) is 25.1 Å². The minimum Gasteiger partial charge on any atom is -0.487 e. The van der Waals surface area contributed by atoms with Crippen LogP contribution in [0.15, 0.2) is 65.5 Å². The summed E-state index contributed by atoms with van der Waals surface area (Å²) in [5, 5.41) is 6.43. The number of benzene rings is 1. The number of aromatic nitrogens is 1. The van der Waals surface area contributed by atoms with E-state index in [1.807, 2.05) is 47.8 Å². The van der Waals surface area contributed by atoms with Crippen molar-refractivity contribution in [2.45, 2.75) is 26.1 Å². The summed E-state index contributed by atoms with van der Waals surface area (Å²) in [6, 6.07) is 14.9. The molecule has 0 atom stereocenters. The topological polar surface area (TPSA) is 77.5 Å². The Labute approximate surface area is 173 Å². The van der Waals surface area contributed by atoms with Gasteiger partial charge >= 0.3 is 5.97 Å². The van der Waals surface area contributed by atoms with E-state index in [2.05, 4.69) is 10.3 Å². The summed E-state index contributed by atoms with van der Waals surface area (Å²) >= 11 is 1.47. The van der Waals surface area contributed by atoms with Crippen molar-refractivity contribution in [3.8, 4) is 5.75 Å². The first-order chi connectivity index (χ1) is 14.2. The van der Waals surface area contributed by atoms with Crippen LogP contribution in [-0.2, 0) is 22.7 Å². The average Bonchev–Trinajstić information content (AvgIpc) is 3.30. The zero-order valence-electron chi connectivity index (χ0n) is 15.9. The molecule has 0 aliphatic rings. The van der Waals surface area contributed by atoms with Gasteiger partial charge in [-0.2, -0.15) is 11.3 Å². The molecule has 29 heavy (non-hydrogen) atoms. The first-order valence-corrected chi connectivity index (χ1v) is 10.2. The summed E-state index contributed by atoms with van der Waals surface area (Å²) in [6.45, 7) is 1.05.